The maximum absolute atomic E-state index is 12.3. The number of rotatable bonds is 10. The Labute approximate surface area is 152 Å². The third-order valence-corrected chi connectivity index (χ3v) is 5.77. The number of para-hydroxylation sites is 1. The first-order valence-electron chi connectivity index (χ1n) is 8.17. The smallest absolute Gasteiger partial charge is 0.312 e. The topological polar surface area (TPSA) is 44.8 Å². The fourth-order valence-electron chi connectivity index (χ4n) is 1.64. The number of carbonyl (C=O) groups excluding carboxylic acids is 1. The van der Waals surface area contributed by atoms with Gasteiger partial charge in [0.25, 0.3) is 0 Å². The Morgan fingerprint density at radius 1 is 1.12 bits per heavy atom. The van der Waals surface area contributed by atoms with Crippen molar-refractivity contribution in [2.75, 3.05) is 19.0 Å². The van der Waals surface area contributed by atoms with Gasteiger partial charge in [0, 0.05) is 10.5 Å². The first-order valence-corrected chi connectivity index (χ1v) is 9.97. The van der Waals surface area contributed by atoms with Crippen LogP contribution in [0.3, 0.4) is 0 Å². The molecule has 1 aromatic rings. The Kier molecular flexibility index (Phi) is 9.11. The summed E-state index contributed by atoms with van der Waals surface area (Å²) in [6, 6.07) is 9.48. The lowest BCUT2D eigenvalue weighted by molar-refractivity contribution is -0.154. The first kappa shape index (κ1) is 21.3. The van der Waals surface area contributed by atoms with Crippen LogP contribution in [0.4, 0.5) is 0 Å². The van der Waals surface area contributed by atoms with Gasteiger partial charge < -0.3 is 13.8 Å². The largest absolute Gasteiger partial charge is 0.463 e. The molecule has 0 bridgehead atoms. The van der Waals surface area contributed by atoms with Gasteiger partial charge in [-0.3, -0.25) is 4.79 Å². The van der Waals surface area contributed by atoms with Crippen molar-refractivity contribution in [3.63, 3.8) is 0 Å². The lowest BCUT2D eigenvalue weighted by Crippen LogP contribution is -2.34. The maximum atomic E-state index is 12.3. The molecule has 1 rings (SSSR count). The molecule has 0 N–H and O–H groups in total. The standard InChI is InChI=1S/C18H29O4PS/c1-6-18(5,14-24-17(2,3)4)16(19)20-12-13-21-23-22-15-10-8-7-9-11-15/h7-11,23H,6,12-14H2,1-5H3. The summed E-state index contributed by atoms with van der Waals surface area (Å²) in [7, 11) is -0.103. The molecule has 2 unspecified atom stereocenters. The van der Waals surface area contributed by atoms with E-state index < -0.39 is 5.41 Å². The molecule has 0 aliphatic carbocycles. The van der Waals surface area contributed by atoms with E-state index in [1.54, 1.807) is 11.8 Å². The maximum Gasteiger partial charge on any atom is 0.312 e. The van der Waals surface area contributed by atoms with E-state index in [0.717, 1.165) is 17.9 Å². The third-order valence-electron chi connectivity index (χ3n) is 3.48. The molecule has 0 fully saturated rings. The number of hydrogen-bond acceptors (Lipinski definition) is 5. The summed E-state index contributed by atoms with van der Waals surface area (Å²) in [5, 5.41) is 0. The van der Waals surface area contributed by atoms with Crippen LogP contribution in [-0.2, 0) is 14.1 Å². The highest BCUT2D eigenvalue weighted by Crippen LogP contribution is 2.34. The van der Waals surface area contributed by atoms with Crippen LogP contribution in [0, 0.1) is 5.41 Å². The van der Waals surface area contributed by atoms with Crippen molar-refractivity contribution in [1.29, 1.82) is 0 Å². The van der Waals surface area contributed by atoms with E-state index in [9.17, 15) is 4.79 Å². The summed E-state index contributed by atoms with van der Waals surface area (Å²) in [6.45, 7) is 11.0. The zero-order valence-electron chi connectivity index (χ0n) is 15.3. The summed E-state index contributed by atoms with van der Waals surface area (Å²) in [6.07, 6.45) is 0.759. The number of benzene rings is 1. The van der Waals surface area contributed by atoms with Crippen LogP contribution >= 0.6 is 20.8 Å². The van der Waals surface area contributed by atoms with E-state index in [1.165, 1.54) is 0 Å². The molecule has 136 valence electrons. The van der Waals surface area contributed by atoms with Gasteiger partial charge in [0.1, 0.15) is 12.4 Å². The molecule has 0 amide bonds. The molecule has 1 aromatic carbocycles. The Morgan fingerprint density at radius 3 is 2.38 bits per heavy atom. The Morgan fingerprint density at radius 2 is 1.79 bits per heavy atom. The van der Waals surface area contributed by atoms with Crippen molar-refractivity contribution in [3.8, 4) is 5.75 Å². The fraction of sp³-hybridized carbons (Fsp3) is 0.611. The van der Waals surface area contributed by atoms with Gasteiger partial charge in [0.15, 0.2) is 0 Å². The van der Waals surface area contributed by atoms with E-state index in [-0.39, 0.29) is 26.4 Å². The van der Waals surface area contributed by atoms with Crippen molar-refractivity contribution in [1.82, 2.24) is 0 Å². The molecule has 0 saturated heterocycles. The van der Waals surface area contributed by atoms with E-state index in [2.05, 4.69) is 20.8 Å². The van der Waals surface area contributed by atoms with Gasteiger partial charge in [0.05, 0.1) is 12.0 Å². The Hall–Kier alpha value is -0.770. The summed E-state index contributed by atoms with van der Waals surface area (Å²) in [4.78, 5) is 12.3. The number of thioether (sulfide) groups is 1. The summed E-state index contributed by atoms with van der Waals surface area (Å²) >= 11 is 1.79. The molecular formula is C18H29O4PS. The second-order valence-electron chi connectivity index (χ2n) is 6.80. The zero-order valence-corrected chi connectivity index (χ0v) is 17.1. The molecule has 24 heavy (non-hydrogen) atoms. The van der Waals surface area contributed by atoms with Crippen molar-refractivity contribution in [2.24, 2.45) is 5.41 Å². The molecule has 0 heterocycles. The second kappa shape index (κ2) is 10.3. The lowest BCUT2D eigenvalue weighted by atomic mass is 9.90. The van der Waals surface area contributed by atoms with Crippen LogP contribution in [0.2, 0.25) is 0 Å². The average Bonchev–Trinajstić information content (AvgIpc) is 2.55. The van der Waals surface area contributed by atoms with Crippen molar-refractivity contribution >= 4 is 26.8 Å². The number of ether oxygens (including phenoxy) is 1. The summed E-state index contributed by atoms with van der Waals surface area (Å²) in [5.41, 5.74) is -0.458. The zero-order chi connectivity index (χ0) is 18.1. The van der Waals surface area contributed by atoms with Crippen LogP contribution < -0.4 is 4.52 Å². The summed E-state index contributed by atoms with van der Waals surface area (Å²) in [5.74, 6) is 1.37. The minimum absolute atomic E-state index is 0.103. The van der Waals surface area contributed by atoms with E-state index in [0.29, 0.717) is 6.61 Å². The van der Waals surface area contributed by atoms with Gasteiger partial charge in [-0.05, 0) is 25.5 Å². The van der Waals surface area contributed by atoms with Crippen LogP contribution in [0.1, 0.15) is 41.0 Å². The van der Waals surface area contributed by atoms with Crippen molar-refractivity contribution in [3.05, 3.63) is 30.3 Å². The summed E-state index contributed by atoms with van der Waals surface area (Å²) < 4.78 is 16.3. The number of hydrogen-bond donors (Lipinski definition) is 0. The van der Waals surface area contributed by atoms with Gasteiger partial charge in [-0.2, -0.15) is 11.8 Å². The molecule has 6 heteroatoms. The van der Waals surface area contributed by atoms with Gasteiger partial charge in [-0.15, -0.1) is 0 Å². The quantitative estimate of drug-likeness (QED) is 0.325. The van der Waals surface area contributed by atoms with E-state index >= 15 is 0 Å². The molecule has 0 aliphatic rings. The minimum atomic E-state index is -0.458. The van der Waals surface area contributed by atoms with Gasteiger partial charge >= 0.3 is 5.97 Å². The van der Waals surface area contributed by atoms with Gasteiger partial charge in [-0.1, -0.05) is 45.9 Å². The lowest BCUT2D eigenvalue weighted by Gasteiger charge is -2.29. The van der Waals surface area contributed by atoms with Crippen molar-refractivity contribution < 1.29 is 18.6 Å². The molecule has 0 aliphatic heterocycles. The monoisotopic (exact) mass is 372 g/mol. The third kappa shape index (κ3) is 8.36. The van der Waals surface area contributed by atoms with Gasteiger partial charge in [0.2, 0.25) is 9.03 Å². The SMILES string of the molecule is CCC(C)(CSC(C)(C)C)C(=O)OCCOPOc1ccccc1. The number of esters is 1. The normalized spacial score (nSPS) is 14.5. The highest BCUT2D eigenvalue weighted by atomic mass is 32.2. The van der Waals surface area contributed by atoms with Crippen molar-refractivity contribution in [2.45, 2.75) is 45.8 Å². The molecule has 0 saturated carbocycles. The predicted octanol–water partition coefficient (Wildman–Crippen LogP) is 5.08. The van der Waals surface area contributed by atoms with Gasteiger partial charge in [-0.25, -0.2) is 0 Å². The molecule has 0 aromatic heterocycles. The van der Waals surface area contributed by atoms with E-state index in [1.807, 2.05) is 44.2 Å². The molecule has 4 nitrogen and oxygen atoms in total. The van der Waals surface area contributed by atoms with Crippen LogP contribution in [0.15, 0.2) is 30.3 Å². The molecule has 0 radical (unpaired) electrons. The predicted molar refractivity (Wildman–Crippen MR) is 103 cm³/mol. The Bertz CT molecular complexity index is 490. The van der Waals surface area contributed by atoms with Crippen LogP contribution in [0.5, 0.6) is 5.75 Å². The Balaban J connectivity index is 2.23. The second-order valence-corrected chi connectivity index (χ2v) is 9.26. The number of carbonyl (C=O) groups is 1. The molecular weight excluding hydrogens is 343 g/mol. The highest BCUT2D eigenvalue weighted by molar-refractivity contribution is 8.00. The van der Waals surface area contributed by atoms with Crippen LogP contribution in [0.25, 0.3) is 0 Å². The molecule has 0 spiro atoms. The van der Waals surface area contributed by atoms with Crippen LogP contribution in [-0.4, -0.2) is 29.7 Å². The molecule has 2 atom stereocenters. The fourth-order valence-corrected chi connectivity index (χ4v) is 3.17. The highest BCUT2D eigenvalue weighted by Gasteiger charge is 2.34. The first-order chi connectivity index (χ1) is 11.3. The minimum Gasteiger partial charge on any atom is -0.463 e. The van der Waals surface area contributed by atoms with E-state index in [4.69, 9.17) is 13.8 Å². The average molecular weight is 372 g/mol.